The molecular formula is C11H19F3N2O5. The minimum atomic E-state index is -5.08. The number of aliphatic hydroxyl groups is 1. The fourth-order valence-electron chi connectivity index (χ4n) is 1.14. The van der Waals surface area contributed by atoms with E-state index in [-0.39, 0.29) is 6.42 Å². The van der Waals surface area contributed by atoms with Crippen molar-refractivity contribution in [3.63, 3.8) is 0 Å². The summed E-state index contributed by atoms with van der Waals surface area (Å²) in [5.41, 5.74) is 10.4. The third kappa shape index (κ3) is 11.8. The lowest BCUT2D eigenvalue weighted by atomic mass is 9.97. The lowest BCUT2D eigenvalue weighted by Gasteiger charge is -2.19. The van der Waals surface area contributed by atoms with Crippen molar-refractivity contribution in [3.8, 4) is 0 Å². The number of Topliss-reactive ketones (excluding diaryl/α,β-unsaturated/α-hetero) is 1. The second kappa shape index (κ2) is 9.29. The maximum Gasteiger partial charge on any atom is 0.490 e. The van der Waals surface area contributed by atoms with Crippen LogP contribution in [-0.4, -0.2) is 46.2 Å². The van der Waals surface area contributed by atoms with Gasteiger partial charge in [0.2, 0.25) is 5.78 Å². The largest absolute Gasteiger partial charge is 0.490 e. The first-order valence-corrected chi connectivity index (χ1v) is 5.85. The van der Waals surface area contributed by atoms with Gasteiger partial charge < -0.3 is 21.7 Å². The molecule has 0 aromatic carbocycles. The topological polar surface area (TPSA) is 144 Å². The fraction of sp³-hybridized carbons (Fsp3) is 0.727. The summed E-state index contributed by atoms with van der Waals surface area (Å²) in [5, 5.41) is 16.6. The highest BCUT2D eigenvalue weighted by Crippen LogP contribution is 2.13. The SMILES string of the molecule is CC(C)C[C@H](N)[C@@H](O)CC(=O)C(N)=O.O=C(O)C(F)(F)F. The zero-order valence-electron chi connectivity index (χ0n) is 11.6. The molecule has 0 aliphatic heterocycles. The van der Waals surface area contributed by atoms with Crippen molar-refractivity contribution in [2.24, 2.45) is 17.4 Å². The first-order valence-electron chi connectivity index (χ1n) is 5.85. The third-order valence-corrected chi connectivity index (χ3v) is 2.15. The van der Waals surface area contributed by atoms with Crippen molar-refractivity contribution in [1.29, 1.82) is 0 Å². The van der Waals surface area contributed by atoms with Crippen molar-refractivity contribution >= 4 is 17.7 Å². The number of nitrogens with two attached hydrogens (primary N) is 2. The average Bonchev–Trinajstić information content (AvgIpc) is 2.26. The van der Waals surface area contributed by atoms with E-state index in [0.717, 1.165) is 0 Å². The normalized spacial score (nSPS) is 13.9. The first kappa shape index (κ1) is 21.6. The summed E-state index contributed by atoms with van der Waals surface area (Å²) in [6.07, 6.45) is -5.76. The molecule has 124 valence electrons. The zero-order valence-corrected chi connectivity index (χ0v) is 11.6. The monoisotopic (exact) mass is 316 g/mol. The molecule has 0 heterocycles. The van der Waals surface area contributed by atoms with Gasteiger partial charge >= 0.3 is 12.1 Å². The number of carbonyl (C=O) groups excluding carboxylic acids is 2. The van der Waals surface area contributed by atoms with E-state index in [1.165, 1.54) is 0 Å². The van der Waals surface area contributed by atoms with E-state index in [1.54, 1.807) is 0 Å². The molecule has 0 saturated heterocycles. The summed E-state index contributed by atoms with van der Waals surface area (Å²) < 4.78 is 31.7. The summed E-state index contributed by atoms with van der Waals surface area (Å²) in [6, 6.07) is -0.488. The Morgan fingerprint density at radius 1 is 1.19 bits per heavy atom. The Hall–Kier alpha value is -1.68. The number of aliphatic carboxylic acids is 1. The number of aliphatic hydroxyl groups excluding tert-OH is 1. The number of rotatable bonds is 6. The van der Waals surface area contributed by atoms with Gasteiger partial charge in [-0.25, -0.2) is 4.79 Å². The molecule has 0 spiro atoms. The Kier molecular flexibility index (Phi) is 9.56. The van der Waals surface area contributed by atoms with Crippen LogP contribution in [0.3, 0.4) is 0 Å². The van der Waals surface area contributed by atoms with Crippen LogP contribution >= 0.6 is 0 Å². The smallest absolute Gasteiger partial charge is 0.475 e. The minimum absolute atomic E-state index is 0.288. The maximum absolute atomic E-state index is 10.9. The van der Waals surface area contributed by atoms with Crippen molar-refractivity contribution < 1.29 is 37.8 Å². The third-order valence-electron chi connectivity index (χ3n) is 2.15. The predicted octanol–water partition coefficient (Wildman–Crippen LogP) is -0.201. The maximum atomic E-state index is 10.9. The number of ketones is 1. The molecule has 0 unspecified atom stereocenters. The highest BCUT2D eigenvalue weighted by molar-refractivity contribution is 6.35. The van der Waals surface area contributed by atoms with Gasteiger partial charge in [-0.3, -0.25) is 9.59 Å². The van der Waals surface area contributed by atoms with Gasteiger partial charge in [0.1, 0.15) is 0 Å². The van der Waals surface area contributed by atoms with Gasteiger partial charge in [0.25, 0.3) is 5.91 Å². The molecule has 0 rings (SSSR count). The molecule has 0 aliphatic carbocycles. The minimum Gasteiger partial charge on any atom is -0.475 e. The van der Waals surface area contributed by atoms with Crippen LogP contribution in [0, 0.1) is 5.92 Å². The molecule has 0 bridgehead atoms. The van der Waals surface area contributed by atoms with Gasteiger partial charge in [0.05, 0.1) is 6.10 Å². The average molecular weight is 316 g/mol. The number of carbonyl (C=O) groups is 3. The summed E-state index contributed by atoms with van der Waals surface area (Å²) in [4.78, 5) is 30.1. The molecule has 0 saturated carbocycles. The van der Waals surface area contributed by atoms with Crippen molar-refractivity contribution in [2.45, 2.75) is 45.0 Å². The summed E-state index contributed by atoms with van der Waals surface area (Å²) in [6.45, 7) is 3.92. The lowest BCUT2D eigenvalue weighted by Crippen LogP contribution is -2.39. The van der Waals surface area contributed by atoms with E-state index < -0.39 is 36.0 Å². The van der Waals surface area contributed by atoms with Gasteiger partial charge in [-0.15, -0.1) is 0 Å². The molecule has 6 N–H and O–H groups in total. The van der Waals surface area contributed by atoms with Crippen LogP contribution in [0.25, 0.3) is 0 Å². The predicted molar refractivity (Wildman–Crippen MR) is 65.9 cm³/mol. The first-order chi connectivity index (χ1) is 9.28. The van der Waals surface area contributed by atoms with E-state index in [2.05, 4.69) is 0 Å². The van der Waals surface area contributed by atoms with Gasteiger partial charge in [0.15, 0.2) is 0 Å². The van der Waals surface area contributed by atoms with Crippen LogP contribution in [0.5, 0.6) is 0 Å². The number of halogens is 3. The van der Waals surface area contributed by atoms with E-state index in [9.17, 15) is 27.9 Å². The Morgan fingerprint density at radius 2 is 1.57 bits per heavy atom. The van der Waals surface area contributed by atoms with Crippen LogP contribution < -0.4 is 11.5 Å². The van der Waals surface area contributed by atoms with Crippen molar-refractivity contribution in [2.75, 3.05) is 0 Å². The Bertz CT molecular complexity index is 371. The Balaban J connectivity index is 0. The van der Waals surface area contributed by atoms with Crippen LogP contribution in [0.15, 0.2) is 0 Å². The lowest BCUT2D eigenvalue weighted by molar-refractivity contribution is -0.192. The van der Waals surface area contributed by atoms with E-state index in [4.69, 9.17) is 21.4 Å². The second-order valence-electron chi connectivity index (χ2n) is 4.66. The van der Waals surface area contributed by atoms with E-state index in [1.807, 2.05) is 13.8 Å². The summed E-state index contributed by atoms with van der Waals surface area (Å²) >= 11 is 0. The molecule has 0 fully saturated rings. The standard InChI is InChI=1S/C9H18N2O3.C2HF3O2/c1-5(2)3-6(10)7(12)4-8(13)9(11)14;3-2(4,5)1(6)7/h5-7,12H,3-4,10H2,1-2H3,(H2,11,14);(H,6,7)/t6-,7-;/m0./s1. The fourth-order valence-corrected chi connectivity index (χ4v) is 1.14. The number of carboxylic acids is 1. The molecule has 0 aliphatic rings. The van der Waals surface area contributed by atoms with Crippen LogP contribution in [0.2, 0.25) is 0 Å². The molecular weight excluding hydrogens is 297 g/mol. The summed E-state index contributed by atoms with van der Waals surface area (Å²) in [5.74, 6) is -4.23. The van der Waals surface area contributed by atoms with Crippen molar-refractivity contribution in [1.82, 2.24) is 0 Å². The molecule has 10 heteroatoms. The quantitative estimate of drug-likeness (QED) is 0.499. The van der Waals surface area contributed by atoms with E-state index in [0.29, 0.717) is 12.3 Å². The molecule has 7 nitrogen and oxygen atoms in total. The molecule has 1 amide bonds. The number of carboxylic acid groups (broad SMARTS) is 1. The highest BCUT2D eigenvalue weighted by atomic mass is 19.4. The molecule has 2 atom stereocenters. The molecule has 0 aromatic heterocycles. The van der Waals surface area contributed by atoms with Crippen LogP contribution in [0.1, 0.15) is 26.7 Å². The Labute approximate surface area is 119 Å². The number of alkyl halides is 3. The molecule has 21 heavy (non-hydrogen) atoms. The summed E-state index contributed by atoms with van der Waals surface area (Å²) in [7, 11) is 0. The second-order valence-corrected chi connectivity index (χ2v) is 4.66. The van der Waals surface area contributed by atoms with Gasteiger partial charge in [-0.05, 0) is 12.3 Å². The number of primary amides is 1. The van der Waals surface area contributed by atoms with Crippen LogP contribution in [0.4, 0.5) is 13.2 Å². The molecule has 0 aromatic rings. The number of hydrogen-bond donors (Lipinski definition) is 4. The van der Waals surface area contributed by atoms with Gasteiger partial charge in [0, 0.05) is 12.5 Å². The highest BCUT2D eigenvalue weighted by Gasteiger charge is 2.38. The Morgan fingerprint density at radius 3 is 1.81 bits per heavy atom. The van der Waals surface area contributed by atoms with Gasteiger partial charge in [-0.1, -0.05) is 13.8 Å². The van der Waals surface area contributed by atoms with Crippen LogP contribution in [-0.2, 0) is 14.4 Å². The molecule has 0 radical (unpaired) electrons. The number of hydrogen-bond acceptors (Lipinski definition) is 5. The zero-order chi connectivity index (χ0) is 17.4. The van der Waals surface area contributed by atoms with Crippen molar-refractivity contribution in [3.05, 3.63) is 0 Å². The number of amides is 1. The van der Waals surface area contributed by atoms with E-state index >= 15 is 0 Å². The van der Waals surface area contributed by atoms with Gasteiger partial charge in [-0.2, -0.15) is 13.2 Å².